The molecular weight excluding hydrogens is 286 g/mol. The van der Waals surface area contributed by atoms with Crippen molar-refractivity contribution in [2.75, 3.05) is 7.05 Å². The van der Waals surface area contributed by atoms with Gasteiger partial charge in [-0.15, -0.1) is 0 Å². The molecule has 3 saturated carbocycles. The molecule has 1 heterocycles. The van der Waals surface area contributed by atoms with E-state index in [1.54, 1.807) is 0 Å². The first kappa shape index (κ1) is 15.7. The quantitative estimate of drug-likeness (QED) is 0.683. The van der Waals surface area contributed by atoms with Crippen molar-refractivity contribution in [3.8, 4) is 0 Å². The van der Waals surface area contributed by atoms with Gasteiger partial charge in [0.25, 0.3) is 0 Å². The van der Waals surface area contributed by atoms with Crippen LogP contribution in [0.1, 0.15) is 65.7 Å². The van der Waals surface area contributed by atoms with Crippen LogP contribution in [0.4, 0.5) is 0 Å². The average Bonchev–Trinajstić information content (AvgIpc) is 2.82. The van der Waals surface area contributed by atoms with Gasteiger partial charge in [-0.1, -0.05) is 20.8 Å². The molecule has 1 amide bonds. The van der Waals surface area contributed by atoms with Crippen molar-refractivity contribution < 1.29 is 9.59 Å². The molecule has 0 N–H and O–H groups in total. The van der Waals surface area contributed by atoms with E-state index in [0.29, 0.717) is 47.8 Å². The Bertz CT molecular complexity index is 558. The lowest BCUT2D eigenvalue weighted by Crippen LogP contribution is -2.63. The predicted molar refractivity (Wildman–Crippen MR) is 89.7 cm³/mol. The van der Waals surface area contributed by atoms with E-state index in [9.17, 15) is 9.59 Å². The molecule has 0 bridgehead atoms. The minimum Gasteiger partial charge on any atom is -0.342 e. The molecule has 5 unspecified atom stereocenters. The number of piperidine rings is 1. The Balaban J connectivity index is 1.72. The van der Waals surface area contributed by atoms with Gasteiger partial charge in [-0.3, -0.25) is 9.59 Å². The van der Waals surface area contributed by atoms with Crippen LogP contribution in [0, 0.1) is 34.5 Å². The summed E-state index contributed by atoms with van der Waals surface area (Å²) in [5.74, 6) is 3.44. The number of carbonyl (C=O) groups is 2. The monoisotopic (exact) mass is 317 g/mol. The van der Waals surface area contributed by atoms with Crippen LogP contribution >= 0.6 is 0 Å². The molecule has 0 aromatic heterocycles. The molecule has 3 heteroatoms. The van der Waals surface area contributed by atoms with Gasteiger partial charge in [0.05, 0.1) is 0 Å². The number of fused-ring (bicyclic) bond motifs is 5. The number of carbonyl (C=O) groups excluding carboxylic acids is 2. The Morgan fingerprint density at radius 3 is 2.52 bits per heavy atom. The normalized spacial score (nSPS) is 52.9. The van der Waals surface area contributed by atoms with Gasteiger partial charge in [-0.25, -0.2) is 0 Å². The largest absolute Gasteiger partial charge is 0.342 e. The number of Topliss-reactive ketones (excluding diaryl/α,β-unsaturated/α-hetero) is 1. The van der Waals surface area contributed by atoms with Crippen LogP contribution in [0.5, 0.6) is 0 Å². The molecule has 0 radical (unpaired) electrons. The van der Waals surface area contributed by atoms with Crippen LogP contribution < -0.4 is 0 Å². The number of hydrogen-bond acceptors (Lipinski definition) is 2. The Kier molecular flexibility index (Phi) is 3.29. The number of hydrogen-bond donors (Lipinski definition) is 0. The summed E-state index contributed by atoms with van der Waals surface area (Å²) in [4.78, 5) is 26.8. The molecule has 4 fully saturated rings. The van der Waals surface area contributed by atoms with Crippen LogP contribution in [0.3, 0.4) is 0 Å². The van der Waals surface area contributed by atoms with Gasteiger partial charge < -0.3 is 4.90 Å². The maximum atomic E-state index is 12.5. The van der Waals surface area contributed by atoms with Crippen molar-refractivity contribution in [2.24, 2.45) is 34.5 Å². The second-order valence-corrected chi connectivity index (χ2v) is 9.45. The van der Waals surface area contributed by atoms with Gasteiger partial charge in [0.15, 0.2) is 0 Å². The zero-order valence-electron chi connectivity index (χ0n) is 15.1. The molecule has 0 aromatic carbocycles. The lowest BCUT2D eigenvalue weighted by atomic mass is 9.45. The van der Waals surface area contributed by atoms with Crippen molar-refractivity contribution >= 4 is 11.7 Å². The SMILES string of the molecule is CC1CC2N(C)C(=O)CC[C@]2(C)C2CC[C@]3(C)C(=O)CCC3C12. The number of ketones is 1. The highest BCUT2D eigenvalue weighted by Crippen LogP contribution is 2.65. The van der Waals surface area contributed by atoms with Crippen LogP contribution in [0.25, 0.3) is 0 Å². The molecule has 0 aromatic rings. The molecule has 1 aliphatic heterocycles. The number of amides is 1. The molecule has 128 valence electrons. The van der Waals surface area contributed by atoms with Crippen LogP contribution in [-0.2, 0) is 9.59 Å². The van der Waals surface area contributed by atoms with Gasteiger partial charge in [0.2, 0.25) is 5.91 Å². The summed E-state index contributed by atoms with van der Waals surface area (Å²) >= 11 is 0. The van der Waals surface area contributed by atoms with E-state index >= 15 is 0 Å². The third kappa shape index (κ3) is 1.88. The molecule has 4 aliphatic rings. The number of nitrogens with zero attached hydrogens (tertiary/aromatic N) is 1. The summed E-state index contributed by atoms with van der Waals surface area (Å²) in [6.07, 6.45) is 7.05. The number of likely N-dealkylation sites (tertiary alicyclic amines) is 1. The minimum atomic E-state index is -0.0466. The van der Waals surface area contributed by atoms with Crippen molar-refractivity contribution in [1.82, 2.24) is 4.90 Å². The highest BCUT2D eigenvalue weighted by atomic mass is 16.2. The fraction of sp³-hybridized carbons (Fsp3) is 0.900. The van der Waals surface area contributed by atoms with E-state index in [1.165, 1.54) is 6.42 Å². The van der Waals surface area contributed by atoms with Crippen molar-refractivity contribution in [3.63, 3.8) is 0 Å². The maximum absolute atomic E-state index is 12.5. The molecule has 0 spiro atoms. The fourth-order valence-electron chi connectivity index (χ4n) is 7.23. The van der Waals surface area contributed by atoms with Gasteiger partial charge in [-0.2, -0.15) is 0 Å². The third-order valence-corrected chi connectivity index (χ3v) is 8.64. The highest BCUT2D eigenvalue weighted by molar-refractivity contribution is 5.87. The van der Waals surface area contributed by atoms with Gasteiger partial charge in [0.1, 0.15) is 5.78 Å². The van der Waals surface area contributed by atoms with Gasteiger partial charge in [0, 0.05) is 31.3 Å². The third-order valence-electron chi connectivity index (χ3n) is 8.64. The first-order valence-electron chi connectivity index (χ1n) is 9.58. The van der Waals surface area contributed by atoms with Gasteiger partial charge in [-0.05, 0) is 61.2 Å². The first-order chi connectivity index (χ1) is 10.8. The molecular formula is C20H31NO2. The molecule has 7 atom stereocenters. The van der Waals surface area contributed by atoms with E-state index in [-0.39, 0.29) is 10.8 Å². The highest BCUT2D eigenvalue weighted by Gasteiger charge is 2.62. The zero-order valence-corrected chi connectivity index (χ0v) is 15.1. The zero-order chi connectivity index (χ0) is 16.6. The molecule has 23 heavy (non-hydrogen) atoms. The summed E-state index contributed by atoms with van der Waals surface area (Å²) in [7, 11) is 2.02. The van der Waals surface area contributed by atoms with Crippen LogP contribution in [0.15, 0.2) is 0 Å². The lowest BCUT2D eigenvalue weighted by Gasteiger charge is -2.63. The Morgan fingerprint density at radius 2 is 1.78 bits per heavy atom. The maximum Gasteiger partial charge on any atom is 0.222 e. The summed E-state index contributed by atoms with van der Waals surface area (Å²) in [6.45, 7) is 7.09. The van der Waals surface area contributed by atoms with Gasteiger partial charge >= 0.3 is 0 Å². The standard InChI is InChI=1S/C20H31NO2/c1-12-11-15-19(2,10-8-17(23)21(15)4)14-7-9-20(3)13(18(12)14)5-6-16(20)22/h12-15,18H,5-11H2,1-4H3/t12?,13?,14?,15?,18?,19-,20+/m1/s1. The van der Waals surface area contributed by atoms with E-state index in [1.807, 2.05) is 7.05 Å². The summed E-state index contributed by atoms with van der Waals surface area (Å²) < 4.78 is 0. The fourth-order valence-corrected chi connectivity index (χ4v) is 7.23. The Morgan fingerprint density at radius 1 is 1.04 bits per heavy atom. The molecule has 1 saturated heterocycles. The van der Waals surface area contributed by atoms with E-state index in [4.69, 9.17) is 0 Å². The minimum absolute atomic E-state index is 0.0466. The van der Waals surface area contributed by atoms with E-state index in [0.717, 1.165) is 32.1 Å². The van der Waals surface area contributed by atoms with Crippen molar-refractivity contribution in [3.05, 3.63) is 0 Å². The molecule has 3 aliphatic carbocycles. The Hall–Kier alpha value is -0.860. The second-order valence-electron chi connectivity index (χ2n) is 9.45. The topological polar surface area (TPSA) is 37.4 Å². The van der Waals surface area contributed by atoms with Crippen molar-refractivity contribution in [2.45, 2.75) is 71.8 Å². The summed E-state index contributed by atoms with van der Waals surface area (Å²) in [6, 6.07) is 0.404. The number of rotatable bonds is 0. The van der Waals surface area contributed by atoms with Crippen LogP contribution in [0.2, 0.25) is 0 Å². The smallest absolute Gasteiger partial charge is 0.222 e. The van der Waals surface area contributed by atoms with Crippen molar-refractivity contribution in [1.29, 1.82) is 0 Å². The molecule has 3 nitrogen and oxygen atoms in total. The first-order valence-corrected chi connectivity index (χ1v) is 9.58. The summed E-state index contributed by atoms with van der Waals surface area (Å²) in [5, 5.41) is 0. The van der Waals surface area contributed by atoms with E-state index < -0.39 is 0 Å². The lowest BCUT2D eigenvalue weighted by molar-refractivity contribution is -0.166. The second kappa shape index (κ2) is 4.83. The van der Waals surface area contributed by atoms with Crippen LogP contribution in [-0.4, -0.2) is 29.7 Å². The van der Waals surface area contributed by atoms with E-state index in [2.05, 4.69) is 25.7 Å². The predicted octanol–water partition coefficient (Wildman–Crippen LogP) is 3.66. The molecule has 4 rings (SSSR count). The summed E-state index contributed by atoms with van der Waals surface area (Å²) in [5.41, 5.74) is 0.210. The Labute approximate surface area is 140 Å². The average molecular weight is 317 g/mol.